The molecule has 0 fully saturated rings. The third-order valence-electron chi connectivity index (χ3n) is 3.40. The first-order valence-corrected chi connectivity index (χ1v) is 8.17. The van der Waals surface area contributed by atoms with E-state index in [1.54, 1.807) is 38.4 Å². The highest BCUT2D eigenvalue weighted by molar-refractivity contribution is 5.95. The predicted molar refractivity (Wildman–Crippen MR) is 99.7 cm³/mol. The molecule has 0 radical (unpaired) electrons. The number of amides is 2. The molecular formula is C19H19F2N3O4. The second kappa shape index (κ2) is 10.0. The molecule has 0 saturated carbocycles. The van der Waals surface area contributed by atoms with Crippen molar-refractivity contribution in [2.24, 2.45) is 5.16 Å². The Labute approximate surface area is 160 Å². The molecule has 148 valence electrons. The van der Waals surface area contributed by atoms with E-state index in [4.69, 9.17) is 4.84 Å². The molecule has 0 aliphatic carbocycles. The van der Waals surface area contributed by atoms with E-state index in [9.17, 15) is 18.4 Å². The SMILES string of the molecule is CN(C)C(=O)c1ccc(NC(=O)CO/N=C/c2ccc(OC(F)F)cc2)cc1. The van der Waals surface area contributed by atoms with Crippen molar-refractivity contribution >= 4 is 23.7 Å². The molecule has 1 N–H and O–H groups in total. The molecule has 0 atom stereocenters. The Morgan fingerprint density at radius 2 is 1.75 bits per heavy atom. The van der Waals surface area contributed by atoms with Crippen LogP contribution in [0.5, 0.6) is 5.75 Å². The summed E-state index contributed by atoms with van der Waals surface area (Å²) in [6, 6.07) is 12.2. The Morgan fingerprint density at radius 3 is 2.32 bits per heavy atom. The predicted octanol–water partition coefficient (Wildman–Crippen LogP) is 2.98. The zero-order chi connectivity index (χ0) is 20.5. The smallest absolute Gasteiger partial charge is 0.387 e. The van der Waals surface area contributed by atoms with Crippen LogP contribution in [0.25, 0.3) is 0 Å². The van der Waals surface area contributed by atoms with Crippen molar-refractivity contribution in [3.8, 4) is 5.75 Å². The van der Waals surface area contributed by atoms with Crippen molar-refractivity contribution in [2.75, 3.05) is 26.0 Å². The van der Waals surface area contributed by atoms with E-state index >= 15 is 0 Å². The monoisotopic (exact) mass is 391 g/mol. The van der Waals surface area contributed by atoms with E-state index < -0.39 is 12.5 Å². The van der Waals surface area contributed by atoms with Crippen LogP contribution in [0.2, 0.25) is 0 Å². The first-order valence-electron chi connectivity index (χ1n) is 8.17. The third-order valence-corrected chi connectivity index (χ3v) is 3.40. The zero-order valence-corrected chi connectivity index (χ0v) is 15.3. The Balaban J connectivity index is 1.78. The summed E-state index contributed by atoms with van der Waals surface area (Å²) in [5.74, 6) is -0.528. The van der Waals surface area contributed by atoms with Gasteiger partial charge in [-0.25, -0.2) is 0 Å². The minimum atomic E-state index is -2.88. The maximum atomic E-state index is 12.1. The summed E-state index contributed by atoms with van der Waals surface area (Å²) in [5.41, 5.74) is 1.61. The molecule has 28 heavy (non-hydrogen) atoms. The molecule has 0 bridgehead atoms. The Hall–Kier alpha value is -3.49. The average molecular weight is 391 g/mol. The number of hydrogen-bond acceptors (Lipinski definition) is 5. The molecule has 2 aromatic carbocycles. The number of oxime groups is 1. The average Bonchev–Trinajstić information content (AvgIpc) is 2.66. The van der Waals surface area contributed by atoms with Crippen LogP contribution >= 0.6 is 0 Å². The fourth-order valence-corrected chi connectivity index (χ4v) is 2.08. The molecule has 2 amide bonds. The van der Waals surface area contributed by atoms with E-state index in [1.807, 2.05) is 0 Å². The van der Waals surface area contributed by atoms with Gasteiger partial charge in [0, 0.05) is 25.3 Å². The summed E-state index contributed by atoms with van der Waals surface area (Å²) in [7, 11) is 3.31. The van der Waals surface area contributed by atoms with E-state index in [-0.39, 0.29) is 18.3 Å². The number of hydrogen-bond donors (Lipinski definition) is 1. The summed E-state index contributed by atoms with van der Waals surface area (Å²) in [6.07, 6.45) is 1.33. The number of benzene rings is 2. The molecule has 2 rings (SSSR count). The van der Waals surface area contributed by atoms with Gasteiger partial charge in [0.25, 0.3) is 11.8 Å². The minimum absolute atomic E-state index is 0.0331. The van der Waals surface area contributed by atoms with Gasteiger partial charge in [-0.3, -0.25) is 9.59 Å². The van der Waals surface area contributed by atoms with Crippen LogP contribution in [0.4, 0.5) is 14.5 Å². The fraction of sp³-hybridized carbons (Fsp3) is 0.211. The van der Waals surface area contributed by atoms with E-state index in [0.717, 1.165) is 0 Å². The van der Waals surface area contributed by atoms with Crippen molar-refractivity contribution in [1.82, 2.24) is 4.90 Å². The normalized spacial score (nSPS) is 10.8. The minimum Gasteiger partial charge on any atom is -0.435 e. The van der Waals surface area contributed by atoms with Gasteiger partial charge in [-0.1, -0.05) is 5.16 Å². The van der Waals surface area contributed by atoms with Crippen molar-refractivity contribution in [3.63, 3.8) is 0 Å². The number of nitrogens with zero attached hydrogens (tertiary/aromatic N) is 2. The van der Waals surface area contributed by atoms with Gasteiger partial charge in [-0.2, -0.15) is 8.78 Å². The Kier molecular flexibility index (Phi) is 7.44. The van der Waals surface area contributed by atoms with Crippen LogP contribution in [0.1, 0.15) is 15.9 Å². The second-order valence-electron chi connectivity index (χ2n) is 5.78. The number of carbonyl (C=O) groups excluding carboxylic acids is 2. The second-order valence-corrected chi connectivity index (χ2v) is 5.78. The van der Waals surface area contributed by atoms with Crippen LogP contribution < -0.4 is 10.1 Å². The van der Waals surface area contributed by atoms with E-state index in [1.165, 1.54) is 35.4 Å². The molecule has 0 aliphatic rings. The summed E-state index contributed by atoms with van der Waals surface area (Å²) >= 11 is 0. The standard InChI is InChI=1S/C19H19F2N3O4/c1-24(2)18(26)14-5-7-15(8-6-14)23-17(25)12-27-22-11-13-3-9-16(10-4-13)28-19(20)21/h3-11,19H,12H2,1-2H3,(H,23,25)/b22-11+. The number of halogens is 2. The van der Waals surface area contributed by atoms with Crippen LogP contribution in [-0.4, -0.2) is 50.2 Å². The van der Waals surface area contributed by atoms with Gasteiger partial charge in [0.1, 0.15) is 5.75 Å². The lowest BCUT2D eigenvalue weighted by Gasteiger charge is -2.10. The quantitative estimate of drug-likeness (QED) is 0.554. The van der Waals surface area contributed by atoms with E-state index in [2.05, 4.69) is 15.2 Å². The van der Waals surface area contributed by atoms with Gasteiger partial charge in [-0.05, 0) is 54.1 Å². The van der Waals surface area contributed by atoms with Gasteiger partial charge in [0.2, 0.25) is 0 Å². The van der Waals surface area contributed by atoms with Crippen molar-refractivity contribution in [1.29, 1.82) is 0 Å². The fourth-order valence-electron chi connectivity index (χ4n) is 2.08. The summed E-state index contributed by atoms with van der Waals surface area (Å²) in [6.45, 7) is -3.20. The highest BCUT2D eigenvalue weighted by Crippen LogP contribution is 2.14. The topological polar surface area (TPSA) is 80.2 Å². The van der Waals surface area contributed by atoms with Gasteiger partial charge in [0.15, 0.2) is 6.61 Å². The largest absolute Gasteiger partial charge is 0.435 e. The van der Waals surface area contributed by atoms with Crippen LogP contribution in [-0.2, 0) is 9.63 Å². The highest BCUT2D eigenvalue weighted by Gasteiger charge is 2.08. The highest BCUT2D eigenvalue weighted by atomic mass is 19.3. The number of ether oxygens (including phenoxy) is 1. The lowest BCUT2D eigenvalue weighted by molar-refractivity contribution is -0.120. The van der Waals surface area contributed by atoms with Crippen LogP contribution in [0, 0.1) is 0 Å². The van der Waals surface area contributed by atoms with E-state index in [0.29, 0.717) is 16.8 Å². The summed E-state index contributed by atoms with van der Waals surface area (Å²) in [5, 5.41) is 6.26. The lowest BCUT2D eigenvalue weighted by atomic mass is 10.2. The lowest BCUT2D eigenvalue weighted by Crippen LogP contribution is -2.21. The zero-order valence-electron chi connectivity index (χ0n) is 15.3. The van der Waals surface area contributed by atoms with Gasteiger partial charge >= 0.3 is 6.61 Å². The van der Waals surface area contributed by atoms with Crippen molar-refractivity contribution in [2.45, 2.75) is 6.61 Å². The number of rotatable bonds is 8. The molecule has 0 saturated heterocycles. The van der Waals surface area contributed by atoms with Crippen LogP contribution in [0.3, 0.4) is 0 Å². The number of anilines is 1. The third kappa shape index (κ3) is 6.67. The molecule has 0 spiro atoms. The molecule has 0 heterocycles. The molecule has 9 heteroatoms. The van der Waals surface area contributed by atoms with Gasteiger partial charge in [-0.15, -0.1) is 0 Å². The van der Waals surface area contributed by atoms with Crippen LogP contribution in [0.15, 0.2) is 53.7 Å². The van der Waals surface area contributed by atoms with Gasteiger partial charge in [0.05, 0.1) is 6.21 Å². The number of carbonyl (C=O) groups is 2. The van der Waals surface area contributed by atoms with Gasteiger partial charge < -0.3 is 19.8 Å². The summed E-state index contributed by atoms with van der Waals surface area (Å²) in [4.78, 5) is 30.0. The number of nitrogens with one attached hydrogen (secondary N) is 1. The maximum absolute atomic E-state index is 12.1. The molecule has 0 unspecified atom stereocenters. The van der Waals surface area contributed by atoms with Crippen molar-refractivity contribution < 1.29 is 27.9 Å². The molecule has 2 aromatic rings. The Bertz CT molecular complexity index is 822. The first kappa shape index (κ1) is 20.8. The molecule has 0 aromatic heterocycles. The molecular weight excluding hydrogens is 372 g/mol. The first-order chi connectivity index (χ1) is 13.3. The Morgan fingerprint density at radius 1 is 1.11 bits per heavy atom. The summed E-state index contributed by atoms with van der Waals surface area (Å²) < 4.78 is 28.4. The molecule has 0 aliphatic heterocycles. The maximum Gasteiger partial charge on any atom is 0.387 e. The molecule has 7 nitrogen and oxygen atoms in total. The number of alkyl halides is 2. The van der Waals surface area contributed by atoms with Crippen molar-refractivity contribution in [3.05, 3.63) is 59.7 Å².